The van der Waals surface area contributed by atoms with Crippen molar-refractivity contribution in [3.8, 4) is 0 Å². The number of aromatic nitrogens is 4. The highest BCUT2D eigenvalue weighted by Gasteiger charge is 2.13. The van der Waals surface area contributed by atoms with Gasteiger partial charge in [0.05, 0.1) is 11.6 Å². The van der Waals surface area contributed by atoms with Gasteiger partial charge in [-0.1, -0.05) is 18.2 Å². The maximum absolute atomic E-state index is 4.67. The number of nitrogens with one attached hydrogen (secondary N) is 2. The average molecular weight is 337 g/mol. The molecule has 0 spiro atoms. The lowest BCUT2D eigenvalue weighted by molar-refractivity contribution is 0.352. The minimum Gasteiger partial charge on any atom is -0.353 e. The van der Waals surface area contributed by atoms with Crippen LogP contribution in [0.3, 0.4) is 0 Å². The normalized spacial score (nSPS) is 14.9. The molecule has 1 saturated heterocycles. The van der Waals surface area contributed by atoms with Crippen LogP contribution in [0.25, 0.3) is 11.0 Å². The Morgan fingerprint density at radius 2 is 1.88 bits per heavy atom. The predicted octanol–water partition coefficient (Wildman–Crippen LogP) is 2.61. The second-order valence-electron chi connectivity index (χ2n) is 6.37. The Hall–Kier alpha value is -2.67. The number of nitrogens with zero attached hydrogens (tertiary/aromatic N) is 5. The molecule has 0 bridgehead atoms. The molecule has 1 fully saturated rings. The van der Waals surface area contributed by atoms with Crippen LogP contribution in [0.2, 0.25) is 0 Å². The predicted molar refractivity (Wildman–Crippen MR) is 100 cm³/mol. The molecule has 0 unspecified atom stereocenters. The fraction of sp³-hybridized carbons (Fsp3) is 0.389. The molecule has 25 heavy (non-hydrogen) atoms. The first kappa shape index (κ1) is 15.8. The largest absolute Gasteiger partial charge is 0.353 e. The molecule has 3 aromatic rings. The van der Waals surface area contributed by atoms with E-state index in [1.807, 2.05) is 37.4 Å². The molecule has 0 amide bonds. The van der Waals surface area contributed by atoms with E-state index in [-0.39, 0.29) is 0 Å². The van der Waals surface area contributed by atoms with E-state index in [1.54, 1.807) is 10.9 Å². The summed E-state index contributed by atoms with van der Waals surface area (Å²) in [7, 11) is 1.90. The van der Waals surface area contributed by atoms with E-state index in [0.29, 0.717) is 5.95 Å². The molecule has 1 aromatic carbocycles. The van der Waals surface area contributed by atoms with Gasteiger partial charge in [-0.3, -0.25) is 4.68 Å². The molecular weight excluding hydrogens is 314 g/mol. The van der Waals surface area contributed by atoms with E-state index in [2.05, 4.69) is 30.6 Å². The van der Waals surface area contributed by atoms with Crippen molar-refractivity contribution in [2.75, 3.05) is 36.8 Å². The van der Waals surface area contributed by atoms with E-state index < -0.39 is 0 Å². The minimum atomic E-state index is 0.633. The van der Waals surface area contributed by atoms with Gasteiger partial charge >= 0.3 is 0 Å². The van der Waals surface area contributed by atoms with Gasteiger partial charge in [0.1, 0.15) is 5.82 Å². The van der Waals surface area contributed by atoms with Crippen molar-refractivity contribution in [2.24, 2.45) is 7.05 Å². The van der Waals surface area contributed by atoms with Crippen LogP contribution in [0.4, 0.5) is 17.5 Å². The first-order valence-electron chi connectivity index (χ1n) is 8.78. The summed E-state index contributed by atoms with van der Waals surface area (Å²) in [4.78, 5) is 11.8. The summed E-state index contributed by atoms with van der Waals surface area (Å²) in [6.07, 6.45) is 4.42. The summed E-state index contributed by atoms with van der Waals surface area (Å²) in [6.45, 7) is 4.26. The second kappa shape index (κ2) is 7.06. The van der Waals surface area contributed by atoms with E-state index >= 15 is 0 Å². The highest BCUT2D eigenvalue weighted by atomic mass is 15.3. The Morgan fingerprint density at radius 1 is 1.08 bits per heavy atom. The van der Waals surface area contributed by atoms with Gasteiger partial charge in [-0.15, -0.1) is 0 Å². The first-order valence-corrected chi connectivity index (χ1v) is 8.78. The zero-order valence-electron chi connectivity index (χ0n) is 14.4. The molecule has 2 aromatic heterocycles. The maximum Gasteiger partial charge on any atom is 0.226 e. The number of rotatable bonds is 6. The molecule has 7 heteroatoms. The van der Waals surface area contributed by atoms with Crippen LogP contribution >= 0.6 is 0 Å². The number of hydrogen-bond donors (Lipinski definition) is 2. The zero-order valence-corrected chi connectivity index (χ0v) is 14.4. The fourth-order valence-electron chi connectivity index (χ4n) is 3.19. The Bertz CT molecular complexity index is 837. The summed E-state index contributed by atoms with van der Waals surface area (Å²) < 4.78 is 1.78. The standard InChI is InChI=1S/C18H23N7/c1-24-17-15(13-20-24)16(21-14-7-3-2-4-8-14)22-18(23-17)19-9-12-25-10-5-6-11-25/h2-4,7-8,13H,5-6,9-12H2,1H3,(H2,19,21,22,23). The van der Waals surface area contributed by atoms with E-state index in [9.17, 15) is 0 Å². The summed E-state index contributed by atoms with van der Waals surface area (Å²) in [5, 5.41) is 12.0. The lowest BCUT2D eigenvalue weighted by Crippen LogP contribution is -2.26. The lowest BCUT2D eigenvalue weighted by Gasteiger charge is -2.15. The monoisotopic (exact) mass is 337 g/mol. The molecule has 0 aliphatic carbocycles. The Morgan fingerprint density at radius 3 is 2.68 bits per heavy atom. The average Bonchev–Trinajstić information content (AvgIpc) is 3.27. The number of hydrogen-bond acceptors (Lipinski definition) is 6. The number of likely N-dealkylation sites (tertiary alicyclic amines) is 1. The van der Waals surface area contributed by atoms with Gasteiger partial charge in [0, 0.05) is 25.8 Å². The topological polar surface area (TPSA) is 70.9 Å². The Kier molecular flexibility index (Phi) is 4.47. The number of para-hydroxylation sites is 1. The third-order valence-electron chi connectivity index (χ3n) is 4.54. The molecule has 3 heterocycles. The summed E-state index contributed by atoms with van der Waals surface area (Å²) in [6, 6.07) is 10.0. The lowest BCUT2D eigenvalue weighted by atomic mass is 10.3. The van der Waals surface area contributed by atoms with Gasteiger partial charge in [0.15, 0.2) is 5.65 Å². The van der Waals surface area contributed by atoms with Crippen molar-refractivity contribution in [3.05, 3.63) is 36.5 Å². The smallest absolute Gasteiger partial charge is 0.226 e. The third kappa shape index (κ3) is 3.56. The van der Waals surface area contributed by atoms with Gasteiger partial charge in [-0.2, -0.15) is 15.1 Å². The van der Waals surface area contributed by atoms with Gasteiger partial charge in [-0.25, -0.2) is 0 Å². The fourth-order valence-corrected chi connectivity index (χ4v) is 3.19. The van der Waals surface area contributed by atoms with E-state index in [4.69, 9.17) is 0 Å². The van der Waals surface area contributed by atoms with Crippen molar-refractivity contribution in [1.82, 2.24) is 24.6 Å². The molecule has 7 nitrogen and oxygen atoms in total. The Balaban J connectivity index is 1.55. The van der Waals surface area contributed by atoms with Crippen LogP contribution < -0.4 is 10.6 Å². The van der Waals surface area contributed by atoms with Gasteiger partial charge < -0.3 is 15.5 Å². The number of anilines is 3. The molecule has 2 N–H and O–H groups in total. The molecule has 130 valence electrons. The van der Waals surface area contributed by atoms with Crippen LogP contribution in [0.1, 0.15) is 12.8 Å². The van der Waals surface area contributed by atoms with E-state index in [1.165, 1.54) is 25.9 Å². The summed E-state index contributed by atoms with van der Waals surface area (Å²) >= 11 is 0. The van der Waals surface area contributed by atoms with Crippen LogP contribution in [0.15, 0.2) is 36.5 Å². The number of fused-ring (bicyclic) bond motifs is 1. The Labute approximate surface area is 147 Å². The quantitative estimate of drug-likeness (QED) is 0.720. The second-order valence-corrected chi connectivity index (χ2v) is 6.37. The SMILES string of the molecule is Cn1ncc2c(Nc3ccccc3)nc(NCCN3CCCC3)nc21. The van der Waals surface area contributed by atoms with Gasteiger partial charge in [0.25, 0.3) is 0 Å². The third-order valence-corrected chi connectivity index (χ3v) is 4.54. The van der Waals surface area contributed by atoms with Crippen molar-refractivity contribution in [3.63, 3.8) is 0 Å². The van der Waals surface area contributed by atoms with Gasteiger partial charge in [-0.05, 0) is 38.1 Å². The molecule has 0 saturated carbocycles. The number of benzene rings is 1. The minimum absolute atomic E-state index is 0.633. The van der Waals surface area contributed by atoms with E-state index in [0.717, 1.165) is 35.6 Å². The van der Waals surface area contributed by atoms with Crippen molar-refractivity contribution in [2.45, 2.75) is 12.8 Å². The first-order chi connectivity index (χ1) is 12.3. The molecule has 0 radical (unpaired) electrons. The number of aryl methyl sites for hydroxylation is 1. The van der Waals surface area contributed by atoms with Crippen LogP contribution in [0.5, 0.6) is 0 Å². The van der Waals surface area contributed by atoms with Crippen molar-refractivity contribution in [1.29, 1.82) is 0 Å². The molecule has 1 aliphatic rings. The molecule has 4 rings (SSSR count). The van der Waals surface area contributed by atoms with Crippen molar-refractivity contribution >= 4 is 28.5 Å². The van der Waals surface area contributed by atoms with Gasteiger partial charge in [0.2, 0.25) is 5.95 Å². The molecular formula is C18H23N7. The van der Waals surface area contributed by atoms with Crippen molar-refractivity contribution < 1.29 is 0 Å². The zero-order chi connectivity index (χ0) is 17.1. The highest BCUT2D eigenvalue weighted by molar-refractivity contribution is 5.89. The highest BCUT2D eigenvalue weighted by Crippen LogP contribution is 2.24. The maximum atomic E-state index is 4.67. The van der Waals surface area contributed by atoms with Crippen LogP contribution in [0, 0.1) is 0 Å². The molecule has 1 aliphatic heterocycles. The summed E-state index contributed by atoms with van der Waals surface area (Å²) in [5.41, 5.74) is 1.81. The van der Waals surface area contributed by atoms with Crippen LogP contribution in [-0.4, -0.2) is 50.8 Å². The molecule has 0 atom stereocenters. The van der Waals surface area contributed by atoms with Crippen LogP contribution in [-0.2, 0) is 7.05 Å². The summed E-state index contributed by atoms with van der Waals surface area (Å²) in [5.74, 6) is 1.40.